The van der Waals surface area contributed by atoms with E-state index in [9.17, 15) is 0 Å². The van der Waals surface area contributed by atoms with Crippen LogP contribution in [0.1, 0.15) is 24.8 Å². The fourth-order valence-corrected chi connectivity index (χ4v) is 2.27. The van der Waals surface area contributed by atoms with E-state index >= 15 is 0 Å². The Bertz CT molecular complexity index is 404. The highest BCUT2D eigenvalue weighted by Gasteiger charge is 2.19. The Balaban J connectivity index is 2.12. The van der Waals surface area contributed by atoms with Gasteiger partial charge in [0.05, 0.1) is 17.2 Å². The van der Waals surface area contributed by atoms with Crippen LogP contribution < -0.4 is 10.5 Å². The molecule has 1 fully saturated rings. The zero-order valence-electron chi connectivity index (χ0n) is 8.91. The molecule has 0 unspecified atom stereocenters. The third-order valence-electron chi connectivity index (χ3n) is 2.92. The Morgan fingerprint density at radius 2 is 2.25 bits per heavy atom. The Morgan fingerprint density at radius 3 is 2.81 bits per heavy atom. The second-order valence-electron chi connectivity index (χ2n) is 4.09. The molecule has 2 N–H and O–H groups in total. The average molecular weight is 256 g/mol. The SMILES string of the molecule is NC(=S)c1c(Cl)cccc1OCC1CCC1. The second kappa shape index (κ2) is 5.02. The predicted molar refractivity (Wildman–Crippen MR) is 70.2 cm³/mol. The van der Waals surface area contributed by atoms with Gasteiger partial charge in [-0.05, 0) is 30.9 Å². The fourth-order valence-electron chi connectivity index (χ4n) is 1.73. The Labute approximate surface area is 106 Å². The zero-order valence-corrected chi connectivity index (χ0v) is 10.5. The molecule has 16 heavy (non-hydrogen) atoms. The summed E-state index contributed by atoms with van der Waals surface area (Å²) in [6.07, 6.45) is 3.82. The second-order valence-corrected chi connectivity index (χ2v) is 4.93. The van der Waals surface area contributed by atoms with Crippen LogP contribution in [0.4, 0.5) is 0 Å². The molecule has 0 aromatic heterocycles. The van der Waals surface area contributed by atoms with E-state index in [1.807, 2.05) is 12.1 Å². The molecule has 0 saturated heterocycles. The van der Waals surface area contributed by atoms with Crippen LogP contribution in [-0.2, 0) is 0 Å². The lowest BCUT2D eigenvalue weighted by Gasteiger charge is -2.25. The van der Waals surface area contributed by atoms with Gasteiger partial charge >= 0.3 is 0 Å². The highest BCUT2D eigenvalue weighted by molar-refractivity contribution is 7.80. The number of rotatable bonds is 4. The van der Waals surface area contributed by atoms with Crippen molar-refractivity contribution >= 4 is 28.8 Å². The number of benzene rings is 1. The summed E-state index contributed by atoms with van der Waals surface area (Å²) >= 11 is 11.0. The molecule has 1 aromatic rings. The molecule has 4 heteroatoms. The maximum atomic E-state index is 6.04. The fraction of sp³-hybridized carbons (Fsp3) is 0.417. The quantitative estimate of drug-likeness (QED) is 0.840. The molecule has 1 aliphatic carbocycles. The van der Waals surface area contributed by atoms with E-state index < -0.39 is 0 Å². The number of ether oxygens (including phenoxy) is 1. The van der Waals surface area contributed by atoms with Crippen LogP contribution in [0.2, 0.25) is 5.02 Å². The van der Waals surface area contributed by atoms with Crippen molar-refractivity contribution in [2.24, 2.45) is 11.7 Å². The normalized spacial score (nSPS) is 15.6. The summed E-state index contributed by atoms with van der Waals surface area (Å²) in [5.41, 5.74) is 6.29. The lowest BCUT2D eigenvalue weighted by atomic mass is 9.86. The number of hydrogen-bond acceptors (Lipinski definition) is 2. The van der Waals surface area contributed by atoms with E-state index in [1.54, 1.807) is 6.07 Å². The highest BCUT2D eigenvalue weighted by Crippen LogP contribution is 2.30. The Morgan fingerprint density at radius 1 is 1.50 bits per heavy atom. The van der Waals surface area contributed by atoms with Gasteiger partial charge in [-0.2, -0.15) is 0 Å². The molecule has 1 aromatic carbocycles. The van der Waals surface area contributed by atoms with Crippen molar-refractivity contribution in [2.45, 2.75) is 19.3 Å². The van der Waals surface area contributed by atoms with Crippen molar-refractivity contribution in [1.82, 2.24) is 0 Å². The van der Waals surface area contributed by atoms with Crippen molar-refractivity contribution < 1.29 is 4.74 Å². The van der Waals surface area contributed by atoms with Crippen molar-refractivity contribution in [3.8, 4) is 5.75 Å². The molecule has 0 heterocycles. The molecule has 0 spiro atoms. The van der Waals surface area contributed by atoms with Crippen LogP contribution in [0.25, 0.3) is 0 Å². The summed E-state index contributed by atoms with van der Waals surface area (Å²) < 4.78 is 5.73. The monoisotopic (exact) mass is 255 g/mol. The van der Waals surface area contributed by atoms with Crippen molar-refractivity contribution in [3.05, 3.63) is 28.8 Å². The molecule has 2 nitrogen and oxygen atoms in total. The van der Waals surface area contributed by atoms with Crippen LogP contribution in [0, 0.1) is 5.92 Å². The molecule has 1 aliphatic rings. The summed E-state index contributed by atoms with van der Waals surface area (Å²) in [4.78, 5) is 0.286. The summed E-state index contributed by atoms with van der Waals surface area (Å²) in [5.74, 6) is 1.38. The molecular formula is C12H14ClNOS. The summed E-state index contributed by atoms with van der Waals surface area (Å²) in [7, 11) is 0. The topological polar surface area (TPSA) is 35.2 Å². The molecule has 0 atom stereocenters. The average Bonchev–Trinajstić information content (AvgIpc) is 2.14. The van der Waals surface area contributed by atoms with Gasteiger partial charge in [-0.25, -0.2) is 0 Å². The molecule has 0 aliphatic heterocycles. The van der Waals surface area contributed by atoms with Gasteiger partial charge in [0.15, 0.2) is 0 Å². The predicted octanol–water partition coefficient (Wildman–Crippen LogP) is 3.15. The van der Waals surface area contributed by atoms with Crippen LogP contribution >= 0.6 is 23.8 Å². The number of nitrogens with two attached hydrogens (primary N) is 1. The van der Waals surface area contributed by atoms with E-state index in [0.29, 0.717) is 22.3 Å². The summed E-state index contributed by atoms with van der Waals surface area (Å²) in [6, 6.07) is 5.48. The largest absolute Gasteiger partial charge is 0.493 e. The minimum atomic E-state index is 0.286. The van der Waals surface area contributed by atoms with Gasteiger partial charge in [0.2, 0.25) is 0 Å². The number of hydrogen-bond donors (Lipinski definition) is 1. The first-order valence-corrected chi connectivity index (χ1v) is 6.18. The molecule has 1 saturated carbocycles. The maximum absolute atomic E-state index is 6.04. The van der Waals surface area contributed by atoms with Gasteiger partial charge in [0, 0.05) is 0 Å². The Kier molecular flexibility index (Phi) is 3.66. The minimum Gasteiger partial charge on any atom is -0.493 e. The molecule has 86 valence electrons. The van der Waals surface area contributed by atoms with E-state index in [2.05, 4.69) is 0 Å². The molecule has 2 rings (SSSR count). The van der Waals surface area contributed by atoms with E-state index in [1.165, 1.54) is 19.3 Å². The van der Waals surface area contributed by atoms with Crippen LogP contribution in [0.5, 0.6) is 5.75 Å². The van der Waals surface area contributed by atoms with Gasteiger partial charge in [-0.1, -0.05) is 36.3 Å². The lowest BCUT2D eigenvalue weighted by molar-refractivity contribution is 0.180. The van der Waals surface area contributed by atoms with Gasteiger partial charge in [-0.3, -0.25) is 0 Å². The first kappa shape index (κ1) is 11.7. The third kappa shape index (κ3) is 2.47. The van der Waals surface area contributed by atoms with E-state index in [0.717, 1.165) is 6.61 Å². The van der Waals surface area contributed by atoms with Crippen molar-refractivity contribution in [1.29, 1.82) is 0 Å². The van der Waals surface area contributed by atoms with Crippen LogP contribution in [0.15, 0.2) is 18.2 Å². The molecule has 0 amide bonds. The third-order valence-corrected chi connectivity index (χ3v) is 3.44. The van der Waals surface area contributed by atoms with Gasteiger partial charge in [-0.15, -0.1) is 0 Å². The molecule has 0 radical (unpaired) electrons. The van der Waals surface area contributed by atoms with Gasteiger partial charge in [0.1, 0.15) is 10.7 Å². The first-order chi connectivity index (χ1) is 7.68. The lowest BCUT2D eigenvalue weighted by Crippen LogP contribution is -2.20. The van der Waals surface area contributed by atoms with Crippen LogP contribution in [-0.4, -0.2) is 11.6 Å². The smallest absolute Gasteiger partial charge is 0.130 e. The van der Waals surface area contributed by atoms with Gasteiger partial charge in [0.25, 0.3) is 0 Å². The Hall–Kier alpha value is -0.800. The standard InChI is InChI=1S/C12H14ClNOS/c13-9-5-2-6-10(11(9)12(14)16)15-7-8-3-1-4-8/h2,5-6,8H,1,3-4,7H2,(H2,14,16). The summed E-state index contributed by atoms with van der Waals surface area (Å²) in [5, 5.41) is 0.554. The zero-order chi connectivity index (χ0) is 11.5. The molecular weight excluding hydrogens is 242 g/mol. The van der Waals surface area contributed by atoms with Gasteiger partial charge < -0.3 is 10.5 Å². The number of halogens is 1. The van der Waals surface area contributed by atoms with Crippen LogP contribution in [0.3, 0.4) is 0 Å². The first-order valence-electron chi connectivity index (χ1n) is 5.39. The van der Waals surface area contributed by atoms with Crippen molar-refractivity contribution in [2.75, 3.05) is 6.61 Å². The minimum absolute atomic E-state index is 0.286. The highest BCUT2D eigenvalue weighted by atomic mass is 35.5. The summed E-state index contributed by atoms with van der Waals surface area (Å²) in [6.45, 7) is 0.732. The van der Waals surface area contributed by atoms with Crippen molar-refractivity contribution in [3.63, 3.8) is 0 Å². The van der Waals surface area contributed by atoms with E-state index in [-0.39, 0.29) is 4.99 Å². The number of thiocarbonyl (C=S) groups is 1. The van der Waals surface area contributed by atoms with E-state index in [4.69, 9.17) is 34.3 Å². The maximum Gasteiger partial charge on any atom is 0.130 e. The molecule has 0 bridgehead atoms.